The minimum absolute atomic E-state index is 0.0671. The Morgan fingerprint density at radius 2 is 2.14 bits per heavy atom. The van der Waals surface area contributed by atoms with Crippen LogP contribution in [0.15, 0.2) is 27.5 Å². The second kappa shape index (κ2) is 6.95. The van der Waals surface area contributed by atoms with Crippen LogP contribution in [0.2, 0.25) is 0 Å². The van der Waals surface area contributed by atoms with E-state index in [-0.39, 0.29) is 6.04 Å². The van der Waals surface area contributed by atoms with Crippen molar-refractivity contribution in [1.82, 2.24) is 15.1 Å². The molecular formula is C15H21N3O2S. The van der Waals surface area contributed by atoms with Gasteiger partial charge in [-0.3, -0.25) is 4.90 Å². The van der Waals surface area contributed by atoms with Crippen LogP contribution in [0.3, 0.4) is 0 Å². The minimum atomic E-state index is 0.0671. The highest BCUT2D eigenvalue weighted by Gasteiger charge is 2.18. The summed E-state index contributed by atoms with van der Waals surface area (Å²) in [4.78, 5) is 3.31. The van der Waals surface area contributed by atoms with Gasteiger partial charge in [-0.1, -0.05) is 6.07 Å². The number of ether oxygens (including phenoxy) is 1. The van der Waals surface area contributed by atoms with Gasteiger partial charge in [0.05, 0.1) is 13.2 Å². The summed E-state index contributed by atoms with van der Waals surface area (Å²) in [6.07, 6.45) is 2.05. The summed E-state index contributed by atoms with van der Waals surface area (Å²) < 4.78 is 10.9. The fourth-order valence-electron chi connectivity index (χ4n) is 2.07. The maximum absolute atomic E-state index is 5.49. The van der Waals surface area contributed by atoms with E-state index in [1.807, 2.05) is 13.3 Å². The van der Waals surface area contributed by atoms with Crippen molar-refractivity contribution in [3.8, 4) is 5.75 Å². The lowest BCUT2D eigenvalue weighted by atomic mass is 10.2. The van der Waals surface area contributed by atoms with Crippen LogP contribution in [0.5, 0.6) is 5.75 Å². The number of hydrogen-bond acceptors (Lipinski definition) is 6. The first-order chi connectivity index (χ1) is 10.0. The molecule has 0 aliphatic rings. The smallest absolute Gasteiger partial charge is 0.233 e. The molecule has 0 aliphatic heterocycles. The zero-order chi connectivity index (χ0) is 15.4. The van der Waals surface area contributed by atoms with Crippen LogP contribution in [0.1, 0.15) is 30.3 Å². The predicted molar refractivity (Wildman–Crippen MR) is 83.7 cm³/mol. The Hall–Kier alpha value is -1.53. The molecule has 0 unspecified atom stereocenters. The van der Waals surface area contributed by atoms with E-state index in [1.54, 1.807) is 25.8 Å². The van der Waals surface area contributed by atoms with Gasteiger partial charge < -0.3 is 9.15 Å². The third-order valence-electron chi connectivity index (χ3n) is 3.44. The van der Waals surface area contributed by atoms with Gasteiger partial charge in [0.25, 0.3) is 0 Å². The fourth-order valence-corrected chi connectivity index (χ4v) is 2.62. The molecule has 0 fully saturated rings. The zero-order valence-corrected chi connectivity index (χ0v) is 13.9. The Morgan fingerprint density at radius 3 is 2.71 bits per heavy atom. The van der Waals surface area contributed by atoms with E-state index in [4.69, 9.17) is 9.15 Å². The predicted octanol–water partition coefficient (Wildman–Crippen LogP) is 3.30. The molecule has 0 bridgehead atoms. The molecule has 0 spiro atoms. The number of hydrogen-bond donors (Lipinski definition) is 0. The summed E-state index contributed by atoms with van der Waals surface area (Å²) in [6, 6.07) is 6.36. The number of nitrogens with zero attached hydrogens (tertiary/aromatic N) is 3. The molecule has 1 aromatic carbocycles. The summed E-state index contributed by atoms with van der Waals surface area (Å²) in [6.45, 7) is 4.64. The molecule has 2 rings (SSSR count). The second-order valence-corrected chi connectivity index (χ2v) is 5.79. The molecule has 2 aromatic rings. The van der Waals surface area contributed by atoms with Crippen LogP contribution in [0.4, 0.5) is 0 Å². The van der Waals surface area contributed by atoms with E-state index >= 15 is 0 Å². The van der Waals surface area contributed by atoms with E-state index in [2.05, 4.69) is 40.2 Å². The first-order valence-electron chi connectivity index (χ1n) is 6.76. The molecule has 6 heteroatoms. The summed E-state index contributed by atoms with van der Waals surface area (Å²) >= 11 is 1.68. The minimum Gasteiger partial charge on any atom is -0.496 e. The molecule has 1 atom stereocenters. The quantitative estimate of drug-likeness (QED) is 0.763. The van der Waals surface area contributed by atoms with Gasteiger partial charge in [0.2, 0.25) is 11.8 Å². The first kappa shape index (κ1) is 15.9. The summed E-state index contributed by atoms with van der Waals surface area (Å²) in [5.74, 6) is 2.15. The van der Waals surface area contributed by atoms with Crippen molar-refractivity contribution in [2.75, 3.05) is 20.4 Å². The van der Waals surface area contributed by atoms with Crippen LogP contribution < -0.4 is 4.74 Å². The molecule has 0 radical (unpaired) electrons. The number of aromatic nitrogens is 2. The van der Waals surface area contributed by atoms with Gasteiger partial charge in [-0.2, -0.15) is 0 Å². The molecular weight excluding hydrogens is 286 g/mol. The van der Waals surface area contributed by atoms with Crippen molar-refractivity contribution in [2.45, 2.75) is 31.3 Å². The van der Waals surface area contributed by atoms with E-state index in [1.165, 1.54) is 5.56 Å². The number of thioether (sulfide) groups is 1. The number of methoxy groups -OCH3 is 1. The average Bonchev–Trinajstić information content (AvgIpc) is 2.92. The Balaban J connectivity index is 2.10. The number of benzene rings is 1. The highest BCUT2D eigenvalue weighted by atomic mass is 32.2. The Morgan fingerprint density at radius 1 is 1.38 bits per heavy atom. The number of aryl methyl sites for hydroxylation is 1. The lowest BCUT2D eigenvalue weighted by molar-refractivity contribution is 0.215. The summed E-state index contributed by atoms with van der Waals surface area (Å²) in [7, 11) is 3.74. The Kier molecular flexibility index (Phi) is 5.25. The van der Waals surface area contributed by atoms with E-state index in [0.717, 1.165) is 17.2 Å². The molecule has 5 nitrogen and oxygen atoms in total. The van der Waals surface area contributed by atoms with Crippen molar-refractivity contribution in [3.05, 3.63) is 35.5 Å². The van der Waals surface area contributed by atoms with Gasteiger partial charge in [0.1, 0.15) is 5.75 Å². The van der Waals surface area contributed by atoms with Gasteiger partial charge in [-0.25, -0.2) is 0 Å². The molecule has 0 aliphatic carbocycles. The van der Waals surface area contributed by atoms with Gasteiger partial charge in [-0.15, -0.1) is 22.0 Å². The lowest BCUT2D eigenvalue weighted by Crippen LogP contribution is -2.22. The average molecular weight is 307 g/mol. The largest absolute Gasteiger partial charge is 0.496 e. The van der Waals surface area contributed by atoms with Gasteiger partial charge >= 0.3 is 0 Å². The third kappa shape index (κ3) is 3.77. The molecule has 1 heterocycles. The van der Waals surface area contributed by atoms with E-state index in [9.17, 15) is 0 Å². The molecule has 1 aromatic heterocycles. The second-order valence-electron chi connectivity index (χ2n) is 4.94. The van der Waals surface area contributed by atoms with Crippen LogP contribution in [-0.2, 0) is 6.54 Å². The SMILES string of the molecule is COc1cc(CN(C)[C@H](C)c2nnc(C)o2)ccc1SC. The maximum Gasteiger partial charge on any atom is 0.233 e. The van der Waals surface area contributed by atoms with Crippen molar-refractivity contribution in [3.63, 3.8) is 0 Å². The van der Waals surface area contributed by atoms with Gasteiger partial charge in [0, 0.05) is 18.4 Å². The summed E-state index contributed by atoms with van der Waals surface area (Å²) in [5, 5.41) is 7.96. The van der Waals surface area contributed by atoms with Crippen LogP contribution in [-0.4, -0.2) is 35.5 Å². The maximum atomic E-state index is 5.49. The molecule has 21 heavy (non-hydrogen) atoms. The van der Waals surface area contributed by atoms with Crippen LogP contribution >= 0.6 is 11.8 Å². The lowest BCUT2D eigenvalue weighted by Gasteiger charge is -2.22. The standard InChI is InChI=1S/C15H21N3O2S/c1-10(15-17-16-11(2)20-15)18(3)9-12-6-7-14(21-5)13(8-12)19-4/h6-8,10H,9H2,1-5H3/t10-/m1/s1. The van der Waals surface area contributed by atoms with Crippen LogP contribution in [0, 0.1) is 6.92 Å². The third-order valence-corrected chi connectivity index (χ3v) is 4.22. The fraction of sp³-hybridized carbons (Fsp3) is 0.467. The van der Waals surface area contributed by atoms with E-state index in [0.29, 0.717) is 11.8 Å². The topological polar surface area (TPSA) is 51.4 Å². The van der Waals surface area contributed by atoms with Crippen molar-refractivity contribution < 1.29 is 9.15 Å². The zero-order valence-electron chi connectivity index (χ0n) is 13.1. The number of rotatable bonds is 6. The van der Waals surface area contributed by atoms with E-state index < -0.39 is 0 Å². The highest BCUT2D eigenvalue weighted by molar-refractivity contribution is 7.98. The van der Waals surface area contributed by atoms with Crippen LogP contribution in [0.25, 0.3) is 0 Å². The Bertz CT molecular complexity index is 600. The van der Waals surface area contributed by atoms with Gasteiger partial charge in [0.15, 0.2) is 0 Å². The Labute approximate surface area is 129 Å². The molecule has 0 amide bonds. The molecule has 0 saturated heterocycles. The first-order valence-corrected chi connectivity index (χ1v) is 7.98. The molecule has 114 valence electrons. The highest BCUT2D eigenvalue weighted by Crippen LogP contribution is 2.29. The van der Waals surface area contributed by atoms with Crippen molar-refractivity contribution in [1.29, 1.82) is 0 Å². The molecule has 0 saturated carbocycles. The monoisotopic (exact) mass is 307 g/mol. The van der Waals surface area contributed by atoms with Crippen molar-refractivity contribution in [2.24, 2.45) is 0 Å². The van der Waals surface area contributed by atoms with Gasteiger partial charge in [-0.05, 0) is 37.9 Å². The summed E-state index contributed by atoms with van der Waals surface area (Å²) in [5.41, 5.74) is 1.19. The van der Waals surface area contributed by atoms with Crippen molar-refractivity contribution >= 4 is 11.8 Å². The normalized spacial score (nSPS) is 12.7. The molecule has 0 N–H and O–H groups in total.